The Morgan fingerprint density at radius 1 is 1.28 bits per heavy atom. The molecule has 0 unspecified atom stereocenters. The van der Waals surface area contributed by atoms with Gasteiger partial charge in [-0.15, -0.1) is 0 Å². The van der Waals surface area contributed by atoms with Crippen molar-refractivity contribution >= 4 is 22.2 Å². The van der Waals surface area contributed by atoms with Gasteiger partial charge in [0.1, 0.15) is 5.52 Å². The number of nitrogens with one attached hydrogen (secondary N) is 1. The number of aryl methyl sites for hydroxylation is 2. The van der Waals surface area contributed by atoms with Crippen LogP contribution in [0.5, 0.6) is 0 Å². The molecule has 5 nitrogen and oxygen atoms in total. The Morgan fingerprint density at radius 3 is 3.11 bits per heavy atom. The third kappa shape index (κ3) is 1.24. The molecule has 0 bridgehead atoms. The van der Waals surface area contributed by atoms with E-state index in [0.717, 1.165) is 23.9 Å². The lowest BCUT2D eigenvalue weighted by molar-refractivity contribution is 0.628. The zero-order chi connectivity index (χ0) is 12.1. The number of nitrogens with zero attached hydrogens (tertiary/aromatic N) is 2. The molecule has 3 heterocycles. The normalized spacial score (nSPS) is 15.1. The van der Waals surface area contributed by atoms with Crippen molar-refractivity contribution in [1.29, 1.82) is 0 Å². The SMILES string of the molecule is O=c1[nH]cnc2c1oc1nc3c(cc12)CCCC3. The highest BCUT2D eigenvalue weighted by Crippen LogP contribution is 2.28. The molecular weight excluding hydrogens is 230 g/mol. The van der Waals surface area contributed by atoms with Crippen LogP contribution in [-0.2, 0) is 12.8 Å². The van der Waals surface area contributed by atoms with E-state index in [0.29, 0.717) is 11.2 Å². The van der Waals surface area contributed by atoms with Gasteiger partial charge >= 0.3 is 0 Å². The molecule has 5 heteroatoms. The number of hydrogen-bond acceptors (Lipinski definition) is 4. The van der Waals surface area contributed by atoms with E-state index in [1.165, 1.54) is 24.7 Å². The van der Waals surface area contributed by atoms with Crippen LogP contribution in [0.25, 0.3) is 22.2 Å². The largest absolute Gasteiger partial charge is 0.430 e. The van der Waals surface area contributed by atoms with Crippen LogP contribution < -0.4 is 5.56 Å². The fraction of sp³-hybridized carbons (Fsp3) is 0.308. The zero-order valence-corrected chi connectivity index (χ0v) is 9.69. The monoisotopic (exact) mass is 241 g/mol. The summed E-state index contributed by atoms with van der Waals surface area (Å²) in [6.07, 6.45) is 5.81. The number of aromatic nitrogens is 3. The molecule has 0 radical (unpaired) electrons. The predicted molar refractivity (Wildman–Crippen MR) is 66.6 cm³/mol. The molecular formula is C13H11N3O2. The van der Waals surface area contributed by atoms with Crippen molar-refractivity contribution in [2.24, 2.45) is 0 Å². The summed E-state index contributed by atoms with van der Waals surface area (Å²) >= 11 is 0. The van der Waals surface area contributed by atoms with Crippen LogP contribution in [0.15, 0.2) is 21.6 Å². The summed E-state index contributed by atoms with van der Waals surface area (Å²) in [6, 6.07) is 2.08. The molecule has 0 saturated heterocycles. The van der Waals surface area contributed by atoms with Crippen molar-refractivity contribution in [3.8, 4) is 0 Å². The summed E-state index contributed by atoms with van der Waals surface area (Å²) in [4.78, 5) is 22.9. The van der Waals surface area contributed by atoms with Gasteiger partial charge in [0.15, 0.2) is 0 Å². The summed E-state index contributed by atoms with van der Waals surface area (Å²) in [7, 11) is 0. The molecule has 0 saturated carbocycles. The second kappa shape index (κ2) is 3.41. The first-order chi connectivity index (χ1) is 8.83. The van der Waals surface area contributed by atoms with E-state index in [4.69, 9.17) is 4.42 Å². The Hall–Kier alpha value is -2.17. The minimum atomic E-state index is -0.254. The summed E-state index contributed by atoms with van der Waals surface area (Å²) in [5.74, 6) is 0. The first-order valence-electron chi connectivity index (χ1n) is 6.11. The summed E-state index contributed by atoms with van der Waals surface area (Å²) in [6.45, 7) is 0. The van der Waals surface area contributed by atoms with E-state index in [1.54, 1.807) is 0 Å². The van der Waals surface area contributed by atoms with Gasteiger partial charge in [0.05, 0.1) is 11.7 Å². The fourth-order valence-electron chi connectivity index (χ4n) is 2.63. The average Bonchev–Trinajstić information content (AvgIpc) is 2.76. The maximum absolute atomic E-state index is 11.7. The topological polar surface area (TPSA) is 71.8 Å². The van der Waals surface area contributed by atoms with Gasteiger partial charge in [0, 0.05) is 5.69 Å². The van der Waals surface area contributed by atoms with Gasteiger partial charge in [0.2, 0.25) is 11.3 Å². The highest BCUT2D eigenvalue weighted by Gasteiger charge is 2.17. The van der Waals surface area contributed by atoms with E-state index in [9.17, 15) is 4.79 Å². The van der Waals surface area contributed by atoms with Crippen LogP contribution in [0.3, 0.4) is 0 Å². The molecule has 90 valence electrons. The summed E-state index contributed by atoms with van der Waals surface area (Å²) < 4.78 is 5.53. The van der Waals surface area contributed by atoms with Gasteiger partial charge in [-0.1, -0.05) is 0 Å². The smallest absolute Gasteiger partial charge is 0.294 e. The van der Waals surface area contributed by atoms with Crippen molar-refractivity contribution in [3.05, 3.63) is 34.0 Å². The Balaban J connectivity index is 2.16. The number of furan rings is 1. The third-order valence-electron chi connectivity index (χ3n) is 3.53. The molecule has 0 spiro atoms. The molecule has 1 aliphatic carbocycles. The number of pyridine rings is 1. The lowest BCUT2D eigenvalue weighted by Crippen LogP contribution is -2.04. The molecule has 0 aliphatic heterocycles. The van der Waals surface area contributed by atoms with Crippen molar-refractivity contribution in [3.63, 3.8) is 0 Å². The van der Waals surface area contributed by atoms with Gasteiger partial charge in [-0.2, -0.15) is 0 Å². The maximum atomic E-state index is 11.7. The molecule has 0 fully saturated rings. The Kier molecular flexibility index (Phi) is 1.86. The van der Waals surface area contributed by atoms with E-state index in [-0.39, 0.29) is 11.1 Å². The number of rotatable bonds is 0. The van der Waals surface area contributed by atoms with Crippen molar-refractivity contribution in [1.82, 2.24) is 15.0 Å². The van der Waals surface area contributed by atoms with E-state index in [2.05, 4.69) is 21.0 Å². The van der Waals surface area contributed by atoms with E-state index >= 15 is 0 Å². The predicted octanol–water partition coefficient (Wildman–Crippen LogP) is 1.94. The van der Waals surface area contributed by atoms with Crippen LogP contribution in [0.2, 0.25) is 0 Å². The van der Waals surface area contributed by atoms with Gasteiger partial charge < -0.3 is 9.40 Å². The number of H-pyrrole nitrogens is 1. The molecule has 4 rings (SSSR count). The first-order valence-corrected chi connectivity index (χ1v) is 6.11. The van der Waals surface area contributed by atoms with Crippen molar-refractivity contribution < 1.29 is 4.42 Å². The second-order valence-electron chi connectivity index (χ2n) is 4.67. The van der Waals surface area contributed by atoms with E-state index in [1.807, 2.05) is 0 Å². The Morgan fingerprint density at radius 2 is 2.17 bits per heavy atom. The minimum Gasteiger partial charge on any atom is -0.430 e. The Bertz CT molecular complexity index is 816. The molecule has 1 aliphatic rings. The highest BCUT2D eigenvalue weighted by atomic mass is 16.3. The molecule has 0 atom stereocenters. The fourth-order valence-corrected chi connectivity index (χ4v) is 2.63. The van der Waals surface area contributed by atoms with Crippen LogP contribution in [0.4, 0.5) is 0 Å². The summed E-state index contributed by atoms with van der Waals surface area (Å²) in [5.41, 5.74) is 3.51. The lowest BCUT2D eigenvalue weighted by Gasteiger charge is -2.13. The van der Waals surface area contributed by atoms with Gasteiger partial charge in [0.25, 0.3) is 5.56 Å². The number of fused-ring (bicyclic) bond motifs is 4. The zero-order valence-electron chi connectivity index (χ0n) is 9.69. The van der Waals surface area contributed by atoms with Gasteiger partial charge in [-0.3, -0.25) is 4.79 Å². The van der Waals surface area contributed by atoms with Crippen molar-refractivity contribution in [2.75, 3.05) is 0 Å². The average molecular weight is 241 g/mol. The minimum absolute atomic E-state index is 0.254. The van der Waals surface area contributed by atoms with Crippen LogP contribution >= 0.6 is 0 Å². The van der Waals surface area contributed by atoms with Gasteiger partial charge in [-0.25, -0.2) is 9.97 Å². The van der Waals surface area contributed by atoms with E-state index < -0.39 is 0 Å². The number of hydrogen-bond donors (Lipinski definition) is 1. The standard InChI is InChI=1S/C13H11N3O2/c17-12-11-10(14-6-15-12)8-5-7-3-1-2-4-9(7)16-13(8)18-11/h5-6H,1-4H2,(H,14,15,17). The molecule has 3 aromatic heterocycles. The van der Waals surface area contributed by atoms with Gasteiger partial charge in [-0.05, 0) is 37.3 Å². The highest BCUT2D eigenvalue weighted by molar-refractivity contribution is 6.00. The molecule has 1 N–H and O–H groups in total. The lowest BCUT2D eigenvalue weighted by atomic mass is 9.95. The van der Waals surface area contributed by atoms with Crippen molar-refractivity contribution in [2.45, 2.75) is 25.7 Å². The molecule has 0 amide bonds. The molecule has 3 aromatic rings. The second-order valence-corrected chi connectivity index (χ2v) is 4.67. The number of aromatic amines is 1. The maximum Gasteiger partial charge on any atom is 0.294 e. The molecule has 0 aromatic carbocycles. The van der Waals surface area contributed by atoms with Crippen LogP contribution in [-0.4, -0.2) is 15.0 Å². The summed E-state index contributed by atoms with van der Waals surface area (Å²) in [5, 5.41) is 0.844. The third-order valence-corrected chi connectivity index (χ3v) is 3.53. The van der Waals surface area contributed by atoms with Crippen LogP contribution in [0, 0.1) is 0 Å². The molecule has 18 heavy (non-hydrogen) atoms. The quantitative estimate of drug-likeness (QED) is 0.653. The van der Waals surface area contributed by atoms with Crippen LogP contribution in [0.1, 0.15) is 24.1 Å². The Labute approximate surface area is 102 Å². The first kappa shape index (κ1) is 9.82.